The van der Waals surface area contributed by atoms with Gasteiger partial charge in [-0.25, -0.2) is 4.99 Å². The molecule has 1 aromatic heterocycles. The number of pyridine rings is 1. The van der Waals surface area contributed by atoms with Gasteiger partial charge in [0.15, 0.2) is 5.84 Å². The number of carbonyl (C=O) groups excluding carboxylic acids is 2. The van der Waals surface area contributed by atoms with Crippen molar-refractivity contribution in [3.63, 3.8) is 0 Å². The third kappa shape index (κ3) is 2.09. The van der Waals surface area contributed by atoms with Gasteiger partial charge in [-0.1, -0.05) is 13.8 Å². The molecule has 19 heavy (non-hydrogen) atoms. The fourth-order valence-corrected chi connectivity index (χ4v) is 1.84. The van der Waals surface area contributed by atoms with Crippen LogP contribution in [-0.2, 0) is 4.79 Å². The van der Waals surface area contributed by atoms with Gasteiger partial charge in [0.25, 0.3) is 11.8 Å². The van der Waals surface area contributed by atoms with Crippen LogP contribution in [0.1, 0.15) is 36.8 Å². The molecule has 0 aromatic carbocycles. The van der Waals surface area contributed by atoms with Gasteiger partial charge in [0.05, 0.1) is 5.56 Å². The molecule has 6 nitrogen and oxygen atoms in total. The standard InChI is InChI=1S/C13H16N4O2/c1-7(2)13(3)12(19)16-11(17-13)9-8(10(14)18)5-4-6-15-9/h4-7H,1-3H3,(H2,14,18)(H,16,17,19). The van der Waals surface area contributed by atoms with Crippen LogP contribution in [0.2, 0.25) is 0 Å². The maximum Gasteiger partial charge on any atom is 0.253 e. The summed E-state index contributed by atoms with van der Waals surface area (Å²) in [6, 6.07) is 3.17. The Bertz CT molecular complexity index is 580. The number of rotatable bonds is 3. The number of nitrogens with zero attached hydrogens (tertiary/aromatic N) is 2. The fraction of sp³-hybridized carbons (Fsp3) is 0.385. The zero-order chi connectivity index (χ0) is 14.2. The average molecular weight is 260 g/mol. The number of aromatic nitrogens is 1. The highest BCUT2D eigenvalue weighted by Gasteiger charge is 2.42. The van der Waals surface area contributed by atoms with Crippen LogP contribution >= 0.6 is 0 Å². The van der Waals surface area contributed by atoms with Crippen LogP contribution in [0.3, 0.4) is 0 Å². The molecule has 1 aromatic rings. The topological polar surface area (TPSA) is 97.4 Å². The molecule has 0 fully saturated rings. The molecule has 2 rings (SSSR count). The first-order valence-corrected chi connectivity index (χ1v) is 6.02. The van der Waals surface area contributed by atoms with E-state index in [2.05, 4.69) is 15.3 Å². The lowest BCUT2D eigenvalue weighted by Gasteiger charge is -2.21. The van der Waals surface area contributed by atoms with Crippen molar-refractivity contribution in [2.45, 2.75) is 26.3 Å². The lowest BCUT2D eigenvalue weighted by molar-refractivity contribution is -0.124. The minimum absolute atomic E-state index is 0.0331. The van der Waals surface area contributed by atoms with Crippen molar-refractivity contribution in [2.24, 2.45) is 16.6 Å². The van der Waals surface area contributed by atoms with Gasteiger partial charge in [0.1, 0.15) is 11.2 Å². The van der Waals surface area contributed by atoms with Crippen LogP contribution in [0.5, 0.6) is 0 Å². The predicted molar refractivity (Wildman–Crippen MR) is 70.7 cm³/mol. The molecule has 2 amide bonds. The van der Waals surface area contributed by atoms with Crippen LogP contribution in [-0.4, -0.2) is 28.2 Å². The Kier molecular flexibility index (Phi) is 3.09. The summed E-state index contributed by atoms with van der Waals surface area (Å²) in [4.78, 5) is 31.9. The Morgan fingerprint density at radius 1 is 1.47 bits per heavy atom. The molecular weight excluding hydrogens is 244 g/mol. The monoisotopic (exact) mass is 260 g/mol. The molecule has 1 atom stereocenters. The zero-order valence-corrected chi connectivity index (χ0v) is 11.1. The van der Waals surface area contributed by atoms with Crippen molar-refractivity contribution >= 4 is 17.6 Å². The molecule has 0 saturated carbocycles. The van der Waals surface area contributed by atoms with Crippen LogP contribution in [0.15, 0.2) is 23.3 Å². The summed E-state index contributed by atoms with van der Waals surface area (Å²) in [7, 11) is 0. The summed E-state index contributed by atoms with van der Waals surface area (Å²) < 4.78 is 0. The summed E-state index contributed by atoms with van der Waals surface area (Å²) in [6.45, 7) is 5.59. The minimum Gasteiger partial charge on any atom is -0.366 e. The van der Waals surface area contributed by atoms with Gasteiger partial charge in [-0.2, -0.15) is 0 Å². The molecule has 3 N–H and O–H groups in total. The second-order valence-corrected chi connectivity index (χ2v) is 4.98. The number of hydrogen-bond acceptors (Lipinski definition) is 4. The highest BCUT2D eigenvalue weighted by Crippen LogP contribution is 2.26. The predicted octanol–water partition coefficient (Wildman–Crippen LogP) is 0.472. The minimum atomic E-state index is -0.845. The summed E-state index contributed by atoms with van der Waals surface area (Å²) in [5.74, 6) is -0.460. The van der Waals surface area contributed by atoms with Crippen molar-refractivity contribution in [2.75, 3.05) is 0 Å². The van der Waals surface area contributed by atoms with Crippen molar-refractivity contribution in [3.8, 4) is 0 Å². The largest absolute Gasteiger partial charge is 0.366 e. The highest BCUT2D eigenvalue weighted by molar-refractivity contribution is 6.17. The lowest BCUT2D eigenvalue weighted by atomic mass is 9.89. The van der Waals surface area contributed by atoms with Gasteiger partial charge < -0.3 is 11.1 Å². The lowest BCUT2D eigenvalue weighted by Crippen LogP contribution is -2.41. The van der Waals surface area contributed by atoms with Crippen molar-refractivity contribution < 1.29 is 9.59 Å². The summed E-state index contributed by atoms with van der Waals surface area (Å²) in [5.41, 5.74) is 5.01. The first-order chi connectivity index (χ1) is 8.86. The van der Waals surface area contributed by atoms with Gasteiger partial charge in [0.2, 0.25) is 0 Å². The molecule has 0 radical (unpaired) electrons. The molecule has 1 unspecified atom stereocenters. The Hall–Kier alpha value is -2.24. The Morgan fingerprint density at radius 3 is 2.68 bits per heavy atom. The number of primary amides is 1. The van der Waals surface area contributed by atoms with E-state index in [4.69, 9.17) is 5.73 Å². The van der Waals surface area contributed by atoms with Crippen molar-refractivity contribution in [1.29, 1.82) is 0 Å². The molecule has 6 heteroatoms. The van der Waals surface area contributed by atoms with E-state index < -0.39 is 11.4 Å². The Balaban J connectivity index is 2.51. The van der Waals surface area contributed by atoms with Crippen LogP contribution in [0, 0.1) is 5.92 Å². The number of nitrogens with two attached hydrogens (primary N) is 1. The van der Waals surface area contributed by atoms with Crippen molar-refractivity contribution in [1.82, 2.24) is 10.3 Å². The van der Waals surface area contributed by atoms with E-state index in [1.165, 1.54) is 6.20 Å². The van der Waals surface area contributed by atoms with E-state index in [9.17, 15) is 9.59 Å². The number of amides is 2. The van der Waals surface area contributed by atoms with Gasteiger partial charge in [-0.3, -0.25) is 14.6 Å². The Labute approximate surface area is 111 Å². The average Bonchev–Trinajstić information content (AvgIpc) is 2.67. The van der Waals surface area contributed by atoms with Gasteiger partial charge in [-0.05, 0) is 25.0 Å². The third-order valence-corrected chi connectivity index (χ3v) is 3.46. The number of aliphatic imine (C=N–C) groups is 1. The fourth-order valence-electron chi connectivity index (χ4n) is 1.84. The second-order valence-electron chi connectivity index (χ2n) is 4.98. The number of carbonyl (C=O) groups is 2. The van der Waals surface area contributed by atoms with Crippen LogP contribution < -0.4 is 11.1 Å². The highest BCUT2D eigenvalue weighted by atomic mass is 16.2. The molecule has 2 heterocycles. The quantitative estimate of drug-likeness (QED) is 0.826. The summed E-state index contributed by atoms with van der Waals surface area (Å²) in [6.07, 6.45) is 1.53. The SMILES string of the molecule is CC(C)C1(C)N=C(c2ncccc2C(N)=O)NC1=O. The van der Waals surface area contributed by atoms with E-state index >= 15 is 0 Å². The summed E-state index contributed by atoms with van der Waals surface area (Å²) in [5, 5.41) is 2.68. The molecule has 1 aliphatic rings. The smallest absolute Gasteiger partial charge is 0.253 e. The third-order valence-electron chi connectivity index (χ3n) is 3.46. The first kappa shape index (κ1) is 13.2. The molecule has 100 valence electrons. The number of amidine groups is 1. The molecule has 1 aliphatic heterocycles. The second kappa shape index (κ2) is 4.46. The molecular formula is C13H16N4O2. The maximum atomic E-state index is 12.0. The van der Waals surface area contributed by atoms with E-state index in [0.717, 1.165) is 0 Å². The summed E-state index contributed by atoms with van der Waals surface area (Å²) >= 11 is 0. The first-order valence-electron chi connectivity index (χ1n) is 6.02. The zero-order valence-electron chi connectivity index (χ0n) is 11.1. The van der Waals surface area contributed by atoms with E-state index in [-0.39, 0.29) is 17.4 Å². The van der Waals surface area contributed by atoms with Crippen LogP contribution in [0.25, 0.3) is 0 Å². The Morgan fingerprint density at radius 2 is 2.16 bits per heavy atom. The molecule has 0 saturated heterocycles. The van der Waals surface area contributed by atoms with Gasteiger partial charge in [0, 0.05) is 6.20 Å². The van der Waals surface area contributed by atoms with Crippen molar-refractivity contribution in [3.05, 3.63) is 29.6 Å². The normalized spacial score (nSPS) is 22.3. The molecule has 0 aliphatic carbocycles. The van der Waals surface area contributed by atoms with E-state index in [1.807, 2.05) is 13.8 Å². The molecule has 0 spiro atoms. The number of hydrogen-bond donors (Lipinski definition) is 2. The van der Waals surface area contributed by atoms with E-state index in [0.29, 0.717) is 11.5 Å². The number of nitrogens with one attached hydrogen (secondary N) is 1. The van der Waals surface area contributed by atoms with E-state index in [1.54, 1.807) is 19.1 Å². The molecule has 0 bridgehead atoms. The maximum absolute atomic E-state index is 12.0. The van der Waals surface area contributed by atoms with Crippen LogP contribution in [0.4, 0.5) is 0 Å². The van der Waals surface area contributed by atoms with Gasteiger partial charge in [-0.15, -0.1) is 0 Å². The van der Waals surface area contributed by atoms with Gasteiger partial charge >= 0.3 is 0 Å².